The molecule has 0 saturated carbocycles. The Kier molecular flexibility index (Phi) is 3.81. The second-order valence-corrected chi connectivity index (χ2v) is 4.46. The number of ether oxygens (including phenoxy) is 1. The molecule has 1 heterocycles. The Balaban J connectivity index is 2.15. The normalized spacial score (nSPS) is 19.7. The van der Waals surface area contributed by atoms with Crippen molar-refractivity contribution in [3.8, 4) is 5.75 Å². The Morgan fingerprint density at radius 3 is 2.94 bits per heavy atom. The summed E-state index contributed by atoms with van der Waals surface area (Å²) < 4.78 is 18.4. The third-order valence-corrected chi connectivity index (χ3v) is 3.05. The van der Waals surface area contributed by atoms with Gasteiger partial charge in [-0.1, -0.05) is 0 Å². The first-order valence-electron chi connectivity index (χ1n) is 5.98. The molecular formula is C13H17FN2O2. The van der Waals surface area contributed by atoms with Gasteiger partial charge in [0.15, 0.2) is 11.6 Å². The van der Waals surface area contributed by atoms with Crippen LogP contribution in [0.4, 0.5) is 4.39 Å². The number of carbonyl (C=O) groups is 1. The molecular weight excluding hydrogens is 235 g/mol. The number of hydrogen-bond acceptors (Lipinski definition) is 3. The Morgan fingerprint density at radius 2 is 2.33 bits per heavy atom. The molecule has 1 unspecified atom stereocenters. The van der Waals surface area contributed by atoms with Gasteiger partial charge in [0.1, 0.15) is 0 Å². The maximum absolute atomic E-state index is 13.5. The van der Waals surface area contributed by atoms with Gasteiger partial charge < -0.3 is 15.0 Å². The van der Waals surface area contributed by atoms with Gasteiger partial charge in [0.05, 0.1) is 7.11 Å². The Morgan fingerprint density at radius 1 is 1.56 bits per heavy atom. The van der Waals surface area contributed by atoms with Crippen molar-refractivity contribution < 1.29 is 13.9 Å². The molecule has 2 rings (SSSR count). The second kappa shape index (κ2) is 5.35. The highest BCUT2D eigenvalue weighted by Gasteiger charge is 2.22. The minimum Gasteiger partial charge on any atom is -0.494 e. The molecule has 1 aromatic carbocycles. The highest BCUT2D eigenvalue weighted by molar-refractivity contribution is 5.94. The van der Waals surface area contributed by atoms with Crippen LogP contribution in [0.3, 0.4) is 0 Å². The predicted molar refractivity (Wildman–Crippen MR) is 66.3 cm³/mol. The molecule has 1 aliphatic rings. The monoisotopic (exact) mass is 252 g/mol. The molecule has 0 aliphatic carbocycles. The molecule has 5 heteroatoms. The molecule has 0 bridgehead atoms. The first-order chi connectivity index (χ1) is 8.61. The summed E-state index contributed by atoms with van der Waals surface area (Å²) >= 11 is 0. The molecule has 18 heavy (non-hydrogen) atoms. The molecule has 1 aliphatic heterocycles. The van der Waals surface area contributed by atoms with Gasteiger partial charge >= 0.3 is 0 Å². The van der Waals surface area contributed by atoms with E-state index in [2.05, 4.69) is 5.32 Å². The summed E-state index contributed by atoms with van der Waals surface area (Å²) in [7, 11) is 1.40. The number of rotatable bonds is 2. The van der Waals surface area contributed by atoms with Crippen LogP contribution >= 0.6 is 0 Å². The first kappa shape index (κ1) is 12.8. The zero-order valence-corrected chi connectivity index (χ0v) is 10.6. The lowest BCUT2D eigenvalue weighted by Crippen LogP contribution is -2.51. The number of halogens is 1. The topological polar surface area (TPSA) is 41.6 Å². The lowest BCUT2D eigenvalue weighted by Gasteiger charge is -2.32. The zero-order chi connectivity index (χ0) is 13.1. The van der Waals surface area contributed by atoms with E-state index in [1.807, 2.05) is 6.92 Å². The minimum atomic E-state index is -0.508. The molecule has 1 atom stereocenters. The number of amides is 1. The van der Waals surface area contributed by atoms with Crippen molar-refractivity contribution in [3.63, 3.8) is 0 Å². The molecule has 4 nitrogen and oxygen atoms in total. The summed E-state index contributed by atoms with van der Waals surface area (Å²) in [6, 6.07) is 4.57. The third kappa shape index (κ3) is 2.61. The van der Waals surface area contributed by atoms with Crippen molar-refractivity contribution >= 4 is 5.91 Å². The molecule has 0 spiro atoms. The fraction of sp³-hybridized carbons (Fsp3) is 0.462. The van der Waals surface area contributed by atoms with Gasteiger partial charge in [-0.2, -0.15) is 0 Å². The van der Waals surface area contributed by atoms with Crippen LogP contribution in [0.5, 0.6) is 5.75 Å². The lowest BCUT2D eigenvalue weighted by molar-refractivity contribution is 0.0708. The fourth-order valence-corrected chi connectivity index (χ4v) is 2.10. The number of piperazine rings is 1. The number of benzene rings is 1. The van der Waals surface area contributed by atoms with Crippen LogP contribution in [0.2, 0.25) is 0 Å². The maximum atomic E-state index is 13.5. The number of carbonyl (C=O) groups excluding carboxylic acids is 1. The second-order valence-electron chi connectivity index (χ2n) is 4.46. The zero-order valence-electron chi connectivity index (χ0n) is 10.6. The molecule has 0 radical (unpaired) electrons. The van der Waals surface area contributed by atoms with E-state index in [4.69, 9.17) is 4.74 Å². The van der Waals surface area contributed by atoms with Crippen LogP contribution in [-0.2, 0) is 0 Å². The summed E-state index contributed by atoms with van der Waals surface area (Å²) in [5, 5.41) is 3.26. The summed E-state index contributed by atoms with van der Waals surface area (Å²) in [4.78, 5) is 13.9. The van der Waals surface area contributed by atoms with Gasteiger partial charge in [-0.3, -0.25) is 4.79 Å². The van der Waals surface area contributed by atoms with Crippen LogP contribution in [0.1, 0.15) is 17.3 Å². The maximum Gasteiger partial charge on any atom is 0.254 e. The molecule has 1 aromatic rings. The number of nitrogens with one attached hydrogen (secondary N) is 1. The van der Waals surface area contributed by atoms with Gasteiger partial charge in [0.2, 0.25) is 0 Å². The first-order valence-corrected chi connectivity index (χ1v) is 5.98. The van der Waals surface area contributed by atoms with E-state index < -0.39 is 5.82 Å². The van der Waals surface area contributed by atoms with Gasteiger partial charge in [-0.25, -0.2) is 4.39 Å². The van der Waals surface area contributed by atoms with Crippen LogP contribution in [0.15, 0.2) is 18.2 Å². The van der Waals surface area contributed by atoms with Crippen molar-refractivity contribution in [2.45, 2.75) is 13.0 Å². The van der Waals surface area contributed by atoms with Crippen LogP contribution in [-0.4, -0.2) is 43.6 Å². The fourth-order valence-electron chi connectivity index (χ4n) is 2.10. The van der Waals surface area contributed by atoms with E-state index in [-0.39, 0.29) is 17.7 Å². The van der Waals surface area contributed by atoms with E-state index in [9.17, 15) is 9.18 Å². The van der Waals surface area contributed by atoms with E-state index in [1.54, 1.807) is 11.0 Å². The number of hydrogen-bond donors (Lipinski definition) is 1. The molecule has 1 saturated heterocycles. The van der Waals surface area contributed by atoms with Crippen molar-refractivity contribution in [1.82, 2.24) is 10.2 Å². The molecule has 1 N–H and O–H groups in total. The summed E-state index contributed by atoms with van der Waals surface area (Å²) in [5.74, 6) is -0.489. The average molecular weight is 252 g/mol. The summed E-state index contributed by atoms with van der Waals surface area (Å²) in [6.45, 7) is 4.09. The largest absolute Gasteiger partial charge is 0.494 e. The van der Waals surface area contributed by atoms with E-state index >= 15 is 0 Å². The highest BCUT2D eigenvalue weighted by Crippen LogP contribution is 2.19. The van der Waals surface area contributed by atoms with Crippen molar-refractivity contribution in [3.05, 3.63) is 29.6 Å². The standard InChI is InChI=1S/C13H17FN2O2/c1-9-8-16(6-5-15-9)13(17)10-3-4-12(18-2)11(14)7-10/h3-4,7,9,15H,5-6,8H2,1-2H3. The summed E-state index contributed by atoms with van der Waals surface area (Å²) in [5.41, 5.74) is 0.363. The van der Waals surface area contributed by atoms with Crippen LogP contribution < -0.4 is 10.1 Å². The van der Waals surface area contributed by atoms with Crippen molar-refractivity contribution in [2.75, 3.05) is 26.7 Å². The Hall–Kier alpha value is -1.62. The average Bonchev–Trinajstić information content (AvgIpc) is 2.37. The Labute approximate surface area is 106 Å². The van der Waals surface area contributed by atoms with Crippen LogP contribution in [0.25, 0.3) is 0 Å². The molecule has 1 fully saturated rings. The lowest BCUT2D eigenvalue weighted by atomic mass is 10.1. The van der Waals surface area contributed by atoms with E-state index in [0.717, 1.165) is 6.54 Å². The SMILES string of the molecule is COc1ccc(C(=O)N2CCNC(C)C2)cc1F. The van der Waals surface area contributed by atoms with Gasteiger partial charge in [-0.15, -0.1) is 0 Å². The quantitative estimate of drug-likeness (QED) is 0.861. The molecule has 1 amide bonds. The summed E-state index contributed by atoms with van der Waals surface area (Å²) in [6.07, 6.45) is 0. The van der Waals surface area contributed by atoms with Gasteiger partial charge in [-0.05, 0) is 25.1 Å². The molecule has 0 aromatic heterocycles. The predicted octanol–water partition coefficient (Wildman–Crippen LogP) is 1.27. The highest BCUT2D eigenvalue weighted by atomic mass is 19.1. The van der Waals surface area contributed by atoms with Gasteiger partial charge in [0.25, 0.3) is 5.91 Å². The minimum absolute atomic E-state index is 0.134. The van der Waals surface area contributed by atoms with Gasteiger partial charge in [0, 0.05) is 31.2 Å². The smallest absolute Gasteiger partial charge is 0.254 e. The molecule has 98 valence electrons. The Bertz CT molecular complexity index is 451. The van der Waals surface area contributed by atoms with Crippen molar-refractivity contribution in [2.24, 2.45) is 0 Å². The van der Waals surface area contributed by atoms with E-state index in [1.165, 1.54) is 19.2 Å². The van der Waals surface area contributed by atoms with Crippen molar-refractivity contribution in [1.29, 1.82) is 0 Å². The van der Waals surface area contributed by atoms with Crippen LogP contribution in [0, 0.1) is 5.82 Å². The number of methoxy groups -OCH3 is 1. The van der Waals surface area contributed by atoms with E-state index in [0.29, 0.717) is 18.7 Å². The number of nitrogens with zero attached hydrogens (tertiary/aromatic N) is 1. The third-order valence-electron chi connectivity index (χ3n) is 3.05.